The molecule has 23 heavy (non-hydrogen) atoms. The second kappa shape index (κ2) is 6.30. The Morgan fingerprint density at radius 1 is 1.22 bits per heavy atom. The fraction of sp³-hybridized carbons (Fsp3) is 0.278. The van der Waals surface area contributed by atoms with Crippen molar-refractivity contribution in [1.82, 2.24) is 0 Å². The van der Waals surface area contributed by atoms with Crippen molar-refractivity contribution in [1.29, 1.82) is 0 Å². The molecule has 120 valence electrons. The van der Waals surface area contributed by atoms with E-state index in [-0.39, 0.29) is 18.1 Å². The molecule has 2 atom stereocenters. The Morgan fingerprint density at radius 3 is 2.78 bits per heavy atom. The minimum atomic E-state index is -0.367. The van der Waals surface area contributed by atoms with Crippen LogP contribution in [0.1, 0.15) is 40.1 Å². The molecule has 0 unspecified atom stereocenters. The Balaban J connectivity index is 1.92. The lowest BCUT2D eigenvalue weighted by atomic mass is 9.93. The summed E-state index contributed by atoms with van der Waals surface area (Å²) in [5.41, 5.74) is 8.64. The highest BCUT2D eigenvalue weighted by Crippen LogP contribution is 2.41. The molecule has 5 heteroatoms. The maximum Gasteiger partial charge on any atom is 0.337 e. The number of hydrogen-bond acceptors (Lipinski definition) is 5. The van der Waals surface area contributed by atoms with E-state index in [9.17, 15) is 4.79 Å². The quantitative estimate of drug-likeness (QED) is 0.882. The third-order valence-corrected chi connectivity index (χ3v) is 4.04. The molecular weight excluding hydrogens is 294 g/mol. The van der Waals surface area contributed by atoms with Gasteiger partial charge in [0.15, 0.2) is 0 Å². The van der Waals surface area contributed by atoms with Crippen LogP contribution in [0.15, 0.2) is 42.5 Å². The van der Waals surface area contributed by atoms with Crippen LogP contribution in [0.2, 0.25) is 0 Å². The fourth-order valence-corrected chi connectivity index (χ4v) is 2.80. The molecular formula is C18H19NO4. The topological polar surface area (TPSA) is 70.8 Å². The second-order valence-electron chi connectivity index (χ2n) is 5.47. The Kier molecular flexibility index (Phi) is 4.21. The summed E-state index contributed by atoms with van der Waals surface area (Å²) < 4.78 is 16.1. The van der Waals surface area contributed by atoms with E-state index in [0.29, 0.717) is 12.0 Å². The molecule has 2 aromatic rings. The number of hydrogen-bond donors (Lipinski definition) is 1. The van der Waals surface area contributed by atoms with E-state index in [1.807, 2.05) is 30.3 Å². The average Bonchev–Trinajstić information content (AvgIpc) is 2.60. The Hall–Kier alpha value is -2.53. The number of fused-ring (bicyclic) bond motifs is 1. The molecule has 5 nitrogen and oxygen atoms in total. The van der Waals surface area contributed by atoms with E-state index in [0.717, 1.165) is 22.6 Å². The second-order valence-corrected chi connectivity index (χ2v) is 5.47. The Labute approximate surface area is 135 Å². The largest absolute Gasteiger partial charge is 0.497 e. The molecule has 0 radical (unpaired) electrons. The zero-order valence-corrected chi connectivity index (χ0v) is 13.1. The van der Waals surface area contributed by atoms with E-state index in [1.165, 1.54) is 7.11 Å². The summed E-state index contributed by atoms with van der Waals surface area (Å²) in [6.07, 6.45) is 0.429. The van der Waals surface area contributed by atoms with Gasteiger partial charge in [-0.1, -0.05) is 18.2 Å². The van der Waals surface area contributed by atoms with E-state index in [2.05, 4.69) is 0 Å². The van der Waals surface area contributed by atoms with Crippen LogP contribution < -0.4 is 15.2 Å². The normalized spacial score (nSPS) is 19.4. The minimum Gasteiger partial charge on any atom is -0.497 e. The maximum atomic E-state index is 11.7. The molecule has 0 amide bonds. The van der Waals surface area contributed by atoms with Crippen molar-refractivity contribution in [3.63, 3.8) is 0 Å². The summed E-state index contributed by atoms with van der Waals surface area (Å²) in [6, 6.07) is 12.8. The number of methoxy groups -OCH3 is 2. The van der Waals surface area contributed by atoms with Crippen LogP contribution in [-0.4, -0.2) is 20.2 Å². The summed E-state index contributed by atoms with van der Waals surface area (Å²) in [7, 11) is 2.98. The molecule has 0 fully saturated rings. The first kappa shape index (κ1) is 15.4. The van der Waals surface area contributed by atoms with E-state index >= 15 is 0 Å². The summed E-state index contributed by atoms with van der Waals surface area (Å²) >= 11 is 0. The molecule has 1 heterocycles. The van der Waals surface area contributed by atoms with Crippen LogP contribution in [0.5, 0.6) is 11.5 Å². The van der Waals surface area contributed by atoms with Crippen molar-refractivity contribution in [2.24, 2.45) is 5.73 Å². The third-order valence-electron chi connectivity index (χ3n) is 4.04. The number of rotatable bonds is 3. The highest BCUT2D eigenvalue weighted by atomic mass is 16.5. The van der Waals surface area contributed by atoms with Crippen molar-refractivity contribution in [3.8, 4) is 11.5 Å². The zero-order valence-electron chi connectivity index (χ0n) is 13.1. The predicted molar refractivity (Wildman–Crippen MR) is 85.7 cm³/mol. The van der Waals surface area contributed by atoms with Gasteiger partial charge in [0.1, 0.15) is 17.6 Å². The first-order chi connectivity index (χ1) is 11.1. The van der Waals surface area contributed by atoms with Gasteiger partial charge in [-0.2, -0.15) is 0 Å². The van der Waals surface area contributed by atoms with Crippen LogP contribution >= 0.6 is 0 Å². The molecule has 0 saturated heterocycles. The third kappa shape index (κ3) is 3.00. The molecule has 0 spiro atoms. The molecule has 0 aromatic heterocycles. The average molecular weight is 313 g/mol. The molecule has 3 rings (SSSR count). The van der Waals surface area contributed by atoms with Gasteiger partial charge in [0, 0.05) is 24.1 Å². The van der Waals surface area contributed by atoms with Gasteiger partial charge in [0.2, 0.25) is 0 Å². The number of ether oxygens (including phenoxy) is 3. The van der Waals surface area contributed by atoms with E-state index < -0.39 is 0 Å². The zero-order chi connectivity index (χ0) is 16.4. The first-order valence-corrected chi connectivity index (χ1v) is 7.41. The van der Waals surface area contributed by atoms with Gasteiger partial charge in [-0.25, -0.2) is 4.79 Å². The molecule has 0 saturated carbocycles. The standard InChI is InChI=1S/C18H19NO4/c1-21-13-6-7-14-15(19)10-16(23-17(14)9-13)11-4-3-5-12(8-11)18(20)22-2/h3-9,15-16H,10,19H2,1-2H3/t15-,16-/m1/s1. The van der Waals surface area contributed by atoms with E-state index in [1.54, 1.807) is 19.2 Å². The van der Waals surface area contributed by atoms with Crippen molar-refractivity contribution < 1.29 is 19.0 Å². The fourth-order valence-electron chi connectivity index (χ4n) is 2.80. The smallest absolute Gasteiger partial charge is 0.337 e. The van der Waals surface area contributed by atoms with Crippen molar-refractivity contribution >= 4 is 5.97 Å². The minimum absolute atomic E-state index is 0.128. The van der Waals surface area contributed by atoms with Gasteiger partial charge < -0.3 is 19.9 Å². The van der Waals surface area contributed by atoms with Gasteiger partial charge in [0.25, 0.3) is 0 Å². The van der Waals surface area contributed by atoms with Gasteiger partial charge in [-0.15, -0.1) is 0 Å². The van der Waals surface area contributed by atoms with E-state index in [4.69, 9.17) is 19.9 Å². The lowest BCUT2D eigenvalue weighted by Gasteiger charge is -2.31. The number of nitrogens with two attached hydrogens (primary N) is 1. The maximum absolute atomic E-state index is 11.7. The van der Waals surface area contributed by atoms with Crippen molar-refractivity contribution in [2.75, 3.05) is 14.2 Å². The Bertz CT molecular complexity index is 729. The lowest BCUT2D eigenvalue weighted by molar-refractivity contribution is 0.0600. The number of benzene rings is 2. The summed E-state index contributed by atoms with van der Waals surface area (Å²) in [4.78, 5) is 11.7. The Morgan fingerprint density at radius 2 is 2.04 bits per heavy atom. The summed E-state index contributed by atoms with van der Waals surface area (Å²) in [6.45, 7) is 0. The number of carbonyl (C=O) groups excluding carboxylic acids is 1. The van der Waals surface area contributed by atoms with Gasteiger partial charge in [0.05, 0.1) is 19.8 Å². The van der Waals surface area contributed by atoms with Crippen LogP contribution in [0.3, 0.4) is 0 Å². The number of esters is 1. The molecule has 1 aliphatic heterocycles. The van der Waals surface area contributed by atoms with Crippen LogP contribution in [0, 0.1) is 0 Å². The molecule has 0 bridgehead atoms. The van der Waals surface area contributed by atoms with Gasteiger partial charge >= 0.3 is 5.97 Å². The summed E-state index contributed by atoms with van der Waals surface area (Å²) in [5, 5.41) is 0. The molecule has 2 aromatic carbocycles. The van der Waals surface area contributed by atoms with Gasteiger partial charge in [-0.3, -0.25) is 0 Å². The SMILES string of the molecule is COC(=O)c1cccc([C@H]2C[C@@H](N)c3ccc(OC)cc3O2)c1. The lowest BCUT2D eigenvalue weighted by Crippen LogP contribution is -2.24. The monoisotopic (exact) mass is 313 g/mol. The van der Waals surface area contributed by atoms with Crippen molar-refractivity contribution in [3.05, 3.63) is 59.2 Å². The first-order valence-electron chi connectivity index (χ1n) is 7.41. The highest BCUT2D eigenvalue weighted by Gasteiger charge is 2.28. The summed E-state index contributed by atoms with van der Waals surface area (Å²) in [5.74, 6) is 1.07. The molecule has 1 aliphatic rings. The van der Waals surface area contributed by atoms with Crippen LogP contribution in [0.4, 0.5) is 0 Å². The van der Waals surface area contributed by atoms with Crippen molar-refractivity contribution in [2.45, 2.75) is 18.6 Å². The van der Waals surface area contributed by atoms with Gasteiger partial charge in [-0.05, 0) is 23.8 Å². The highest BCUT2D eigenvalue weighted by molar-refractivity contribution is 5.89. The molecule has 2 N–H and O–H groups in total. The predicted octanol–water partition coefficient (Wildman–Crippen LogP) is 3.01. The van der Waals surface area contributed by atoms with Crippen LogP contribution in [-0.2, 0) is 4.74 Å². The van der Waals surface area contributed by atoms with Crippen LogP contribution in [0.25, 0.3) is 0 Å². The number of carbonyl (C=O) groups is 1. The molecule has 0 aliphatic carbocycles.